The molecule has 0 fully saturated rings. The highest BCUT2D eigenvalue weighted by atomic mass is 32.2. The van der Waals surface area contributed by atoms with Crippen LogP contribution in [0.3, 0.4) is 0 Å². The lowest BCUT2D eigenvalue weighted by Gasteiger charge is -1.98. The fraction of sp³-hybridized carbons (Fsp3) is 0. The van der Waals surface area contributed by atoms with Crippen LogP contribution in [0.1, 0.15) is 0 Å². The van der Waals surface area contributed by atoms with Gasteiger partial charge in [0.1, 0.15) is 5.82 Å². The van der Waals surface area contributed by atoms with Gasteiger partial charge in [-0.3, -0.25) is 0 Å². The molecule has 1 aromatic carbocycles. The van der Waals surface area contributed by atoms with Crippen LogP contribution < -0.4 is 0 Å². The quantitative estimate of drug-likeness (QED) is 0.744. The molecule has 4 heteroatoms. The molecular weight excluding hydrogens is 201 g/mol. The van der Waals surface area contributed by atoms with Crippen molar-refractivity contribution >= 4 is 12.0 Å². The highest BCUT2D eigenvalue weighted by molar-refractivity contribution is 7.93. The van der Waals surface area contributed by atoms with E-state index in [9.17, 15) is 4.39 Å². The summed E-state index contributed by atoms with van der Waals surface area (Å²) in [6.45, 7) is 0. The number of aromatic amines is 1. The molecule has 72 valence electrons. The van der Waals surface area contributed by atoms with Gasteiger partial charge in [0, 0.05) is 29.5 Å². The Morgan fingerprint density at radius 3 is 2.71 bits per heavy atom. The molecule has 0 spiro atoms. The van der Waals surface area contributed by atoms with E-state index in [4.69, 9.17) is 4.55 Å². The molecule has 2 N–H and O–H groups in total. The Balaban J connectivity index is 2.44. The monoisotopic (exact) mass is 209 g/mol. The Morgan fingerprint density at radius 1 is 1.29 bits per heavy atom. The molecule has 0 atom stereocenters. The van der Waals surface area contributed by atoms with Gasteiger partial charge in [0.15, 0.2) is 0 Å². The van der Waals surface area contributed by atoms with Crippen molar-refractivity contribution in [2.45, 2.75) is 4.90 Å². The highest BCUT2D eigenvalue weighted by Gasteiger charge is 2.06. The molecule has 2 rings (SSSR count). The SMILES string of the molecule is OSc1c[nH]c(-c2ccccc2F)c1. The van der Waals surface area contributed by atoms with Gasteiger partial charge in [0.05, 0.1) is 4.90 Å². The molecular formula is C10H8FNOS. The van der Waals surface area contributed by atoms with Crippen LogP contribution >= 0.6 is 12.0 Å². The number of halogens is 1. The maximum Gasteiger partial charge on any atom is 0.132 e. The van der Waals surface area contributed by atoms with Crippen LogP contribution in [-0.4, -0.2) is 9.54 Å². The van der Waals surface area contributed by atoms with Crippen LogP contribution in [-0.2, 0) is 0 Å². The zero-order valence-electron chi connectivity index (χ0n) is 7.20. The fourth-order valence-electron chi connectivity index (χ4n) is 1.26. The van der Waals surface area contributed by atoms with Crippen molar-refractivity contribution in [2.75, 3.05) is 0 Å². The van der Waals surface area contributed by atoms with Crippen LogP contribution in [0.15, 0.2) is 41.4 Å². The molecule has 1 aromatic heterocycles. The number of nitrogens with one attached hydrogen (secondary N) is 1. The maximum absolute atomic E-state index is 13.3. The Hall–Kier alpha value is -1.26. The van der Waals surface area contributed by atoms with Crippen molar-refractivity contribution in [3.63, 3.8) is 0 Å². The molecule has 2 nitrogen and oxygen atoms in total. The summed E-state index contributed by atoms with van der Waals surface area (Å²) in [6.07, 6.45) is 1.63. The third-order valence-electron chi connectivity index (χ3n) is 1.93. The van der Waals surface area contributed by atoms with Gasteiger partial charge in [-0.05, 0) is 18.2 Å². The van der Waals surface area contributed by atoms with Crippen molar-refractivity contribution in [3.8, 4) is 11.3 Å². The molecule has 0 aliphatic carbocycles. The van der Waals surface area contributed by atoms with E-state index in [1.807, 2.05) is 0 Å². The normalized spacial score (nSPS) is 10.4. The van der Waals surface area contributed by atoms with Gasteiger partial charge >= 0.3 is 0 Å². The second-order valence-electron chi connectivity index (χ2n) is 2.82. The summed E-state index contributed by atoms with van der Waals surface area (Å²) in [5.41, 5.74) is 1.17. The fourth-order valence-corrected chi connectivity index (χ4v) is 1.54. The number of rotatable bonds is 2. The van der Waals surface area contributed by atoms with Gasteiger partial charge < -0.3 is 9.54 Å². The minimum Gasteiger partial charge on any atom is -0.360 e. The Kier molecular flexibility index (Phi) is 2.56. The molecule has 0 aliphatic rings. The van der Waals surface area contributed by atoms with Crippen molar-refractivity contribution in [1.29, 1.82) is 0 Å². The van der Waals surface area contributed by atoms with Gasteiger partial charge in [0.2, 0.25) is 0 Å². The van der Waals surface area contributed by atoms with E-state index >= 15 is 0 Å². The number of benzene rings is 1. The van der Waals surface area contributed by atoms with Gasteiger partial charge in [-0.1, -0.05) is 12.1 Å². The molecule has 0 unspecified atom stereocenters. The van der Waals surface area contributed by atoms with Crippen LogP contribution in [0.5, 0.6) is 0 Å². The molecule has 14 heavy (non-hydrogen) atoms. The van der Waals surface area contributed by atoms with Crippen molar-refractivity contribution in [2.24, 2.45) is 0 Å². The average molecular weight is 209 g/mol. The molecule has 1 heterocycles. The topological polar surface area (TPSA) is 36.0 Å². The first-order valence-electron chi connectivity index (χ1n) is 4.06. The minimum atomic E-state index is -0.274. The molecule has 0 saturated heterocycles. The predicted octanol–water partition coefficient (Wildman–Crippen LogP) is 3.39. The summed E-state index contributed by atoms with van der Waals surface area (Å²) in [5.74, 6) is -0.274. The van der Waals surface area contributed by atoms with Crippen LogP contribution in [0.25, 0.3) is 11.3 Å². The van der Waals surface area contributed by atoms with E-state index in [1.165, 1.54) is 6.07 Å². The molecule has 0 aliphatic heterocycles. The minimum absolute atomic E-state index is 0.274. The highest BCUT2D eigenvalue weighted by Crippen LogP contribution is 2.25. The van der Waals surface area contributed by atoms with E-state index in [1.54, 1.807) is 30.5 Å². The van der Waals surface area contributed by atoms with Gasteiger partial charge in [0.25, 0.3) is 0 Å². The maximum atomic E-state index is 13.3. The molecule has 0 saturated carbocycles. The number of H-pyrrole nitrogens is 1. The molecule has 0 radical (unpaired) electrons. The lowest BCUT2D eigenvalue weighted by molar-refractivity contribution is 0.631. The lowest BCUT2D eigenvalue weighted by Crippen LogP contribution is -1.81. The molecule has 2 aromatic rings. The largest absolute Gasteiger partial charge is 0.360 e. The van der Waals surface area contributed by atoms with E-state index in [2.05, 4.69) is 4.98 Å². The van der Waals surface area contributed by atoms with Crippen LogP contribution in [0.2, 0.25) is 0 Å². The Labute approximate surface area is 85.0 Å². The van der Waals surface area contributed by atoms with Gasteiger partial charge in [-0.25, -0.2) is 4.39 Å². The zero-order chi connectivity index (χ0) is 9.97. The second kappa shape index (κ2) is 3.86. The van der Waals surface area contributed by atoms with E-state index in [-0.39, 0.29) is 5.82 Å². The van der Waals surface area contributed by atoms with Gasteiger partial charge in [-0.15, -0.1) is 0 Å². The third kappa shape index (κ3) is 1.66. The second-order valence-corrected chi connectivity index (χ2v) is 3.47. The third-order valence-corrected chi connectivity index (χ3v) is 2.37. The van der Waals surface area contributed by atoms with E-state index in [0.29, 0.717) is 28.2 Å². The summed E-state index contributed by atoms with van der Waals surface area (Å²) in [6, 6.07) is 8.20. The van der Waals surface area contributed by atoms with Crippen molar-refractivity contribution in [1.82, 2.24) is 4.98 Å². The predicted molar refractivity (Wildman–Crippen MR) is 54.7 cm³/mol. The summed E-state index contributed by atoms with van der Waals surface area (Å²) in [4.78, 5) is 3.56. The molecule has 0 bridgehead atoms. The summed E-state index contributed by atoms with van der Waals surface area (Å²) >= 11 is 0.636. The zero-order valence-corrected chi connectivity index (χ0v) is 8.01. The van der Waals surface area contributed by atoms with Gasteiger partial charge in [-0.2, -0.15) is 0 Å². The molecule has 0 amide bonds. The average Bonchev–Trinajstić information content (AvgIpc) is 2.67. The standard InChI is InChI=1S/C10H8FNOS/c11-9-4-2-1-3-8(9)10-5-7(14-13)6-12-10/h1-6,12-13H. The first kappa shape index (κ1) is 9.30. The van der Waals surface area contributed by atoms with Crippen LogP contribution in [0.4, 0.5) is 4.39 Å². The first-order valence-corrected chi connectivity index (χ1v) is 4.83. The number of aromatic nitrogens is 1. The lowest BCUT2D eigenvalue weighted by atomic mass is 10.1. The van der Waals surface area contributed by atoms with Crippen molar-refractivity contribution < 1.29 is 8.94 Å². The first-order chi connectivity index (χ1) is 6.81. The smallest absolute Gasteiger partial charge is 0.132 e. The summed E-state index contributed by atoms with van der Waals surface area (Å²) in [5, 5.41) is 0. The Morgan fingerprint density at radius 2 is 2.07 bits per heavy atom. The summed E-state index contributed by atoms with van der Waals surface area (Å²) < 4.78 is 22.1. The van der Waals surface area contributed by atoms with E-state index < -0.39 is 0 Å². The summed E-state index contributed by atoms with van der Waals surface area (Å²) in [7, 11) is 0. The van der Waals surface area contributed by atoms with Crippen LogP contribution in [0, 0.1) is 5.82 Å². The van der Waals surface area contributed by atoms with E-state index in [0.717, 1.165) is 0 Å². The van der Waals surface area contributed by atoms with Crippen molar-refractivity contribution in [3.05, 3.63) is 42.3 Å². The number of hydrogen-bond acceptors (Lipinski definition) is 2. The number of hydrogen-bond donors (Lipinski definition) is 2. The Bertz CT molecular complexity index is 441.